The van der Waals surface area contributed by atoms with Crippen LogP contribution in [0.4, 0.5) is 15.8 Å². The van der Waals surface area contributed by atoms with Crippen LogP contribution in [0.15, 0.2) is 95.0 Å². The number of nitrogen functional groups attached to an aromatic ring is 1. The summed E-state index contributed by atoms with van der Waals surface area (Å²) < 4.78 is 38.7. The molecular weight excluding hydrogens is 441 g/mol. The zero-order chi connectivity index (χ0) is 23.6. The van der Waals surface area contributed by atoms with Crippen LogP contribution in [-0.4, -0.2) is 19.3 Å². The molecule has 3 N–H and O–H groups in total. The van der Waals surface area contributed by atoms with E-state index >= 15 is 0 Å². The Labute approximate surface area is 190 Å². The van der Waals surface area contributed by atoms with Gasteiger partial charge in [0.05, 0.1) is 16.3 Å². The van der Waals surface area contributed by atoms with E-state index in [1.807, 2.05) is 6.92 Å². The summed E-state index contributed by atoms with van der Waals surface area (Å²) in [5.74, 6) is -0.790. The number of carbonyl (C=O) groups is 1. The Hall–Kier alpha value is -4.04. The molecule has 166 valence electrons. The van der Waals surface area contributed by atoms with Crippen LogP contribution in [0.3, 0.4) is 0 Å². The van der Waals surface area contributed by atoms with Crippen molar-refractivity contribution in [2.75, 3.05) is 11.1 Å². The molecule has 4 rings (SSSR count). The highest BCUT2D eigenvalue weighted by molar-refractivity contribution is 7.91. The van der Waals surface area contributed by atoms with Crippen LogP contribution in [-0.2, 0) is 9.84 Å². The number of benzene rings is 3. The zero-order valence-corrected chi connectivity index (χ0v) is 18.4. The molecule has 1 amide bonds. The summed E-state index contributed by atoms with van der Waals surface area (Å²) in [6, 6.07) is 19.8. The van der Waals surface area contributed by atoms with Gasteiger partial charge in [0.2, 0.25) is 9.84 Å². The number of aromatic nitrogens is 1. The summed E-state index contributed by atoms with van der Waals surface area (Å²) in [6.07, 6.45) is 1.49. The van der Waals surface area contributed by atoms with E-state index in [1.165, 1.54) is 48.7 Å². The molecule has 1 heterocycles. The van der Waals surface area contributed by atoms with Gasteiger partial charge in [-0.1, -0.05) is 24.3 Å². The summed E-state index contributed by atoms with van der Waals surface area (Å²) in [5.41, 5.74) is 9.40. The normalized spacial score (nSPS) is 11.2. The number of pyridine rings is 1. The smallest absolute Gasteiger partial charge is 0.255 e. The summed E-state index contributed by atoms with van der Waals surface area (Å²) in [6.45, 7) is 1.82. The van der Waals surface area contributed by atoms with Gasteiger partial charge in [0.1, 0.15) is 5.82 Å². The average Bonchev–Trinajstić information content (AvgIpc) is 2.81. The summed E-state index contributed by atoms with van der Waals surface area (Å²) in [5, 5.41) is 2.68. The molecule has 4 aromatic rings. The first kappa shape index (κ1) is 22.2. The van der Waals surface area contributed by atoms with Crippen LogP contribution >= 0.6 is 0 Å². The van der Waals surface area contributed by atoms with E-state index in [4.69, 9.17) is 5.73 Å². The maximum Gasteiger partial charge on any atom is 0.255 e. The highest BCUT2D eigenvalue weighted by atomic mass is 32.2. The van der Waals surface area contributed by atoms with Crippen LogP contribution in [0, 0.1) is 12.7 Å². The number of halogens is 1. The molecule has 0 bridgehead atoms. The van der Waals surface area contributed by atoms with Gasteiger partial charge in [-0.2, -0.15) is 0 Å². The van der Waals surface area contributed by atoms with E-state index in [9.17, 15) is 17.6 Å². The molecule has 0 aliphatic rings. The van der Waals surface area contributed by atoms with Gasteiger partial charge in [-0.25, -0.2) is 17.8 Å². The van der Waals surface area contributed by atoms with Crippen molar-refractivity contribution < 1.29 is 17.6 Å². The van der Waals surface area contributed by atoms with Gasteiger partial charge in [0, 0.05) is 11.8 Å². The van der Waals surface area contributed by atoms with Crippen molar-refractivity contribution in [2.45, 2.75) is 16.8 Å². The van der Waals surface area contributed by atoms with Gasteiger partial charge in [-0.3, -0.25) is 4.79 Å². The van der Waals surface area contributed by atoms with E-state index < -0.39 is 15.7 Å². The number of nitrogens with zero attached hydrogens (tertiary/aromatic N) is 1. The third-order valence-electron chi connectivity index (χ3n) is 5.07. The van der Waals surface area contributed by atoms with Crippen molar-refractivity contribution in [3.63, 3.8) is 0 Å². The molecular formula is C25H20FN3O3S. The lowest BCUT2D eigenvalue weighted by molar-refractivity contribution is 0.102. The second-order valence-electron chi connectivity index (χ2n) is 7.46. The molecule has 0 spiro atoms. The largest absolute Gasteiger partial charge is 0.397 e. The molecule has 6 nitrogen and oxygen atoms in total. The first-order chi connectivity index (χ1) is 15.7. The van der Waals surface area contributed by atoms with Gasteiger partial charge in [0.15, 0.2) is 5.03 Å². The number of sulfone groups is 1. The van der Waals surface area contributed by atoms with Crippen molar-refractivity contribution in [3.05, 3.63) is 102 Å². The lowest BCUT2D eigenvalue weighted by Gasteiger charge is -2.11. The quantitative estimate of drug-likeness (QED) is 0.413. The fraction of sp³-hybridized carbons (Fsp3) is 0.0400. The number of nitrogens with one attached hydrogen (secondary N) is 1. The maximum absolute atomic E-state index is 13.2. The van der Waals surface area contributed by atoms with Crippen molar-refractivity contribution in [1.82, 2.24) is 4.98 Å². The third-order valence-corrected chi connectivity index (χ3v) is 6.75. The molecule has 0 aliphatic carbocycles. The highest BCUT2D eigenvalue weighted by Gasteiger charge is 2.19. The number of hydrogen-bond acceptors (Lipinski definition) is 5. The monoisotopic (exact) mass is 461 g/mol. The number of carbonyl (C=O) groups excluding carboxylic acids is 1. The number of amides is 1. The van der Waals surface area contributed by atoms with Gasteiger partial charge in [-0.05, 0) is 78.2 Å². The van der Waals surface area contributed by atoms with E-state index in [0.717, 1.165) is 16.7 Å². The molecule has 8 heteroatoms. The number of nitrogens with two attached hydrogens (primary N) is 1. The SMILES string of the molecule is Cc1ccc(S(=O)(=O)c2ccc(C(=O)Nc3cc(-c4ccc(F)cc4)ccc3N)cc2)nc1. The fourth-order valence-electron chi connectivity index (χ4n) is 3.20. The number of rotatable bonds is 5. The fourth-order valence-corrected chi connectivity index (χ4v) is 4.37. The number of aryl methyl sites for hydroxylation is 1. The minimum absolute atomic E-state index is 0.0354. The summed E-state index contributed by atoms with van der Waals surface area (Å²) >= 11 is 0. The standard InChI is InChI=1S/C25H20FN3O3S/c1-16-2-13-24(28-15-16)33(31,32)21-10-5-18(6-11-21)25(30)29-23-14-19(7-12-22(23)27)17-3-8-20(26)9-4-17/h2-15H,27H2,1H3,(H,29,30). The van der Waals surface area contributed by atoms with Crippen LogP contribution in [0.2, 0.25) is 0 Å². The Kier molecular flexibility index (Phi) is 5.93. The van der Waals surface area contributed by atoms with Crippen LogP contribution in [0.1, 0.15) is 15.9 Å². The molecule has 0 saturated heterocycles. The Morgan fingerprint density at radius 2 is 1.58 bits per heavy atom. The molecule has 0 saturated carbocycles. The molecule has 0 unspecified atom stereocenters. The predicted octanol–water partition coefficient (Wildman–Crippen LogP) is 4.86. The third kappa shape index (κ3) is 4.75. The van der Waals surface area contributed by atoms with Crippen molar-refractivity contribution >= 4 is 27.1 Å². The van der Waals surface area contributed by atoms with Crippen LogP contribution in [0.25, 0.3) is 11.1 Å². The summed E-state index contributed by atoms with van der Waals surface area (Å²) in [7, 11) is -3.79. The summed E-state index contributed by atoms with van der Waals surface area (Å²) in [4.78, 5) is 16.8. The van der Waals surface area contributed by atoms with Crippen LogP contribution < -0.4 is 11.1 Å². The highest BCUT2D eigenvalue weighted by Crippen LogP contribution is 2.28. The van der Waals surface area contributed by atoms with E-state index in [1.54, 1.807) is 36.4 Å². The Balaban J connectivity index is 1.55. The Bertz CT molecular complexity index is 1420. The van der Waals surface area contributed by atoms with Crippen LogP contribution in [0.5, 0.6) is 0 Å². The molecule has 3 aromatic carbocycles. The molecule has 0 aliphatic heterocycles. The lowest BCUT2D eigenvalue weighted by atomic mass is 10.0. The zero-order valence-electron chi connectivity index (χ0n) is 17.6. The Morgan fingerprint density at radius 1 is 0.909 bits per heavy atom. The van der Waals surface area contributed by atoms with Crippen molar-refractivity contribution in [2.24, 2.45) is 0 Å². The topological polar surface area (TPSA) is 102 Å². The van der Waals surface area contributed by atoms with Gasteiger partial charge < -0.3 is 11.1 Å². The van der Waals surface area contributed by atoms with E-state index in [-0.39, 0.29) is 21.3 Å². The molecule has 1 aromatic heterocycles. The Morgan fingerprint density at radius 3 is 2.21 bits per heavy atom. The van der Waals surface area contributed by atoms with Crippen molar-refractivity contribution in [3.8, 4) is 11.1 Å². The lowest BCUT2D eigenvalue weighted by Crippen LogP contribution is -2.13. The van der Waals surface area contributed by atoms with Gasteiger partial charge >= 0.3 is 0 Å². The first-order valence-electron chi connectivity index (χ1n) is 9.99. The minimum Gasteiger partial charge on any atom is -0.397 e. The molecule has 33 heavy (non-hydrogen) atoms. The van der Waals surface area contributed by atoms with E-state index in [2.05, 4.69) is 10.3 Å². The maximum atomic E-state index is 13.2. The molecule has 0 fully saturated rings. The second kappa shape index (κ2) is 8.84. The van der Waals surface area contributed by atoms with Crippen molar-refractivity contribution in [1.29, 1.82) is 0 Å². The van der Waals surface area contributed by atoms with E-state index in [0.29, 0.717) is 11.4 Å². The second-order valence-corrected chi connectivity index (χ2v) is 9.36. The predicted molar refractivity (Wildman–Crippen MR) is 125 cm³/mol. The number of hydrogen-bond donors (Lipinski definition) is 2. The first-order valence-corrected chi connectivity index (χ1v) is 11.5. The molecule has 0 atom stereocenters. The van der Waals surface area contributed by atoms with Gasteiger partial charge in [-0.15, -0.1) is 0 Å². The minimum atomic E-state index is -3.79. The number of anilines is 2. The van der Waals surface area contributed by atoms with Gasteiger partial charge in [0.25, 0.3) is 5.91 Å². The molecule has 0 radical (unpaired) electrons. The average molecular weight is 462 g/mol.